The zero-order valence-corrected chi connectivity index (χ0v) is 14.6. The second kappa shape index (κ2) is 9.05. The van der Waals surface area contributed by atoms with Crippen LogP contribution in [0.4, 0.5) is 0 Å². The molecule has 0 unspecified atom stereocenters. The van der Waals surface area contributed by atoms with E-state index in [9.17, 15) is 9.59 Å². The molecular formula is C18H25NO5. The van der Waals surface area contributed by atoms with Gasteiger partial charge in [-0.1, -0.05) is 37.3 Å². The first kappa shape index (κ1) is 19.7. The molecule has 0 spiro atoms. The SMILES string of the molecule is CCOC(=O)C(C)(C(=O)OCC)[C@H](/C=N/O)[C@@H](C)c1ccccc1. The van der Waals surface area contributed by atoms with Gasteiger partial charge in [0.05, 0.1) is 13.2 Å². The van der Waals surface area contributed by atoms with Crippen LogP contribution in [0.5, 0.6) is 0 Å². The molecule has 1 rings (SSSR count). The summed E-state index contributed by atoms with van der Waals surface area (Å²) in [5.74, 6) is -2.41. The molecule has 0 bridgehead atoms. The molecule has 0 saturated carbocycles. The van der Waals surface area contributed by atoms with E-state index in [2.05, 4.69) is 5.16 Å². The summed E-state index contributed by atoms with van der Waals surface area (Å²) < 4.78 is 10.2. The molecule has 24 heavy (non-hydrogen) atoms. The van der Waals surface area contributed by atoms with Crippen LogP contribution in [0.1, 0.15) is 39.2 Å². The van der Waals surface area contributed by atoms with Gasteiger partial charge in [-0.3, -0.25) is 9.59 Å². The Bertz CT molecular complexity index is 552. The highest BCUT2D eigenvalue weighted by Crippen LogP contribution is 2.39. The molecule has 0 aliphatic rings. The average Bonchev–Trinajstić information content (AvgIpc) is 2.59. The lowest BCUT2D eigenvalue weighted by molar-refractivity contribution is -0.173. The maximum Gasteiger partial charge on any atom is 0.323 e. The highest BCUT2D eigenvalue weighted by molar-refractivity contribution is 6.02. The zero-order chi connectivity index (χ0) is 18.2. The first-order chi connectivity index (χ1) is 11.4. The molecule has 0 radical (unpaired) electrons. The Hall–Kier alpha value is -2.37. The van der Waals surface area contributed by atoms with Crippen LogP contribution in [0.25, 0.3) is 0 Å². The number of benzene rings is 1. The largest absolute Gasteiger partial charge is 0.465 e. The number of ether oxygens (including phenoxy) is 2. The van der Waals surface area contributed by atoms with Gasteiger partial charge in [-0.25, -0.2) is 0 Å². The van der Waals surface area contributed by atoms with Gasteiger partial charge in [0.25, 0.3) is 0 Å². The van der Waals surface area contributed by atoms with Crippen LogP contribution in [0.2, 0.25) is 0 Å². The summed E-state index contributed by atoms with van der Waals surface area (Å²) in [7, 11) is 0. The highest BCUT2D eigenvalue weighted by Gasteiger charge is 2.52. The Labute approximate surface area is 142 Å². The van der Waals surface area contributed by atoms with E-state index < -0.39 is 23.3 Å². The monoisotopic (exact) mass is 335 g/mol. The number of hydrogen-bond acceptors (Lipinski definition) is 6. The van der Waals surface area contributed by atoms with E-state index in [1.807, 2.05) is 37.3 Å². The van der Waals surface area contributed by atoms with Crippen LogP contribution in [0, 0.1) is 11.3 Å². The van der Waals surface area contributed by atoms with Crippen LogP contribution in [0.15, 0.2) is 35.5 Å². The maximum atomic E-state index is 12.6. The molecule has 0 saturated heterocycles. The average molecular weight is 335 g/mol. The molecule has 0 amide bonds. The van der Waals surface area contributed by atoms with Gasteiger partial charge in [-0.15, -0.1) is 5.16 Å². The number of carbonyl (C=O) groups is 2. The number of hydrogen-bond donors (Lipinski definition) is 1. The molecule has 0 aliphatic heterocycles. The molecule has 1 N–H and O–H groups in total. The van der Waals surface area contributed by atoms with Crippen LogP contribution in [0.3, 0.4) is 0 Å². The van der Waals surface area contributed by atoms with Crippen molar-refractivity contribution in [2.24, 2.45) is 16.5 Å². The van der Waals surface area contributed by atoms with Crippen LogP contribution in [-0.4, -0.2) is 36.6 Å². The first-order valence-corrected chi connectivity index (χ1v) is 8.00. The molecule has 1 aromatic carbocycles. The number of nitrogens with zero attached hydrogens (tertiary/aromatic N) is 1. The summed E-state index contributed by atoms with van der Waals surface area (Å²) in [5, 5.41) is 12.2. The molecule has 6 heteroatoms. The van der Waals surface area contributed by atoms with Crippen molar-refractivity contribution in [3.63, 3.8) is 0 Å². The van der Waals surface area contributed by atoms with Crippen molar-refractivity contribution >= 4 is 18.2 Å². The molecule has 6 nitrogen and oxygen atoms in total. The number of oxime groups is 1. The minimum atomic E-state index is -1.62. The lowest BCUT2D eigenvalue weighted by Crippen LogP contribution is -2.48. The molecular weight excluding hydrogens is 310 g/mol. The standard InChI is InChI=1S/C18H25NO5/c1-5-23-16(20)18(4,17(21)24-6-2)15(12-19-22)13(3)14-10-8-7-9-11-14/h7-13,15,22H,5-6H2,1-4H3/b19-12+/t13-,15+/m0/s1. The van der Waals surface area contributed by atoms with Crippen molar-refractivity contribution in [1.82, 2.24) is 0 Å². The third-order valence-electron chi connectivity index (χ3n) is 4.16. The molecule has 0 fully saturated rings. The van der Waals surface area contributed by atoms with Crippen LogP contribution < -0.4 is 0 Å². The lowest BCUT2D eigenvalue weighted by Gasteiger charge is -2.34. The summed E-state index contributed by atoms with van der Waals surface area (Å²) in [6, 6.07) is 9.39. The van der Waals surface area contributed by atoms with Crippen LogP contribution in [-0.2, 0) is 19.1 Å². The number of esters is 2. The van der Waals surface area contributed by atoms with Crippen molar-refractivity contribution < 1.29 is 24.3 Å². The van der Waals surface area contributed by atoms with E-state index >= 15 is 0 Å². The van der Waals surface area contributed by atoms with Gasteiger partial charge in [0.15, 0.2) is 5.41 Å². The fraction of sp³-hybridized carbons (Fsp3) is 0.500. The Kier molecular flexibility index (Phi) is 7.42. The summed E-state index contributed by atoms with van der Waals surface area (Å²) in [6.07, 6.45) is 1.20. The van der Waals surface area contributed by atoms with Crippen molar-refractivity contribution in [3.8, 4) is 0 Å². The van der Waals surface area contributed by atoms with E-state index in [0.29, 0.717) is 0 Å². The zero-order valence-electron chi connectivity index (χ0n) is 14.6. The van der Waals surface area contributed by atoms with E-state index in [-0.39, 0.29) is 19.1 Å². The predicted molar refractivity (Wildman–Crippen MR) is 90.0 cm³/mol. The summed E-state index contributed by atoms with van der Waals surface area (Å²) in [4.78, 5) is 25.1. The van der Waals surface area contributed by atoms with Gasteiger partial charge >= 0.3 is 11.9 Å². The van der Waals surface area contributed by atoms with Crippen molar-refractivity contribution in [2.75, 3.05) is 13.2 Å². The topological polar surface area (TPSA) is 85.2 Å². The van der Waals surface area contributed by atoms with Gasteiger partial charge in [0, 0.05) is 12.1 Å². The quantitative estimate of drug-likeness (QED) is 0.259. The molecule has 132 valence electrons. The van der Waals surface area contributed by atoms with E-state index in [0.717, 1.165) is 5.56 Å². The van der Waals surface area contributed by atoms with Crippen LogP contribution >= 0.6 is 0 Å². The summed E-state index contributed by atoms with van der Waals surface area (Å²) >= 11 is 0. The van der Waals surface area contributed by atoms with Gasteiger partial charge in [0.1, 0.15) is 0 Å². The smallest absolute Gasteiger partial charge is 0.323 e. The molecule has 1 aromatic rings. The second-order valence-electron chi connectivity index (χ2n) is 5.63. The minimum absolute atomic E-state index is 0.135. The van der Waals surface area contributed by atoms with Crippen molar-refractivity contribution in [1.29, 1.82) is 0 Å². The first-order valence-electron chi connectivity index (χ1n) is 8.00. The fourth-order valence-corrected chi connectivity index (χ4v) is 2.73. The van der Waals surface area contributed by atoms with E-state index in [4.69, 9.17) is 14.7 Å². The van der Waals surface area contributed by atoms with Gasteiger partial charge in [0.2, 0.25) is 0 Å². The Morgan fingerprint density at radius 1 is 1.17 bits per heavy atom. The summed E-state index contributed by atoms with van der Waals surface area (Å²) in [6.45, 7) is 6.93. The Morgan fingerprint density at radius 2 is 1.67 bits per heavy atom. The third kappa shape index (κ3) is 4.13. The highest BCUT2D eigenvalue weighted by atomic mass is 16.6. The minimum Gasteiger partial charge on any atom is -0.465 e. The Balaban J connectivity index is 3.36. The fourth-order valence-electron chi connectivity index (χ4n) is 2.73. The molecule has 2 atom stereocenters. The number of carbonyl (C=O) groups excluding carboxylic acids is 2. The predicted octanol–water partition coefficient (Wildman–Crippen LogP) is 3.00. The van der Waals surface area contributed by atoms with Gasteiger partial charge in [-0.05, 0) is 32.3 Å². The Morgan fingerprint density at radius 3 is 2.08 bits per heavy atom. The molecule has 0 heterocycles. The van der Waals surface area contributed by atoms with Gasteiger partial charge < -0.3 is 14.7 Å². The number of rotatable bonds is 8. The summed E-state index contributed by atoms with van der Waals surface area (Å²) in [5.41, 5.74) is -0.713. The van der Waals surface area contributed by atoms with Crippen molar-refractivity contribution in [2.45, 2.75) is 33.6 Å². The normalized spacial score (nSPS) is 14.2. The van der Waals surface area contributed by atoms with E-state index in [1.54, 1.807) is 13.8 Å². The van der Waals surface area contributed by atoms with Crippen molar-refractivity contribution in [3.05, 3.63) is 35.9 Å². The second-order valence-corrected chi connectivity index (χ2v) is 5.63. The van der Waals surface area contributed by atoms with Gasteiger partial charge in [-0.2, -0.15) is 0 Å². The maximum absolute atomic E-state index is 12.6. The van der Waals surface area contributed by atoms with E-state index in [1.165, 1.54) is 13.1 Å². The molecule has 0 aromatic heterocycles. The lowest BCUT2D eigenvalue weighted by atomic mass is 9.69. The molecule has 0 aliphatic carbocycles. The third-order valence-corrected chi connectivity index (χ3v) is 4.16.